The van der Waals surface area contributed by atoms with Crippen LogP contribution in [0.4, 0.5) is 14.6 Å². The smallest absolute Gasteiger partial charge is 0.336 e. The van der Waals surface area contributed by atoms with Crippen LogP contribution in [-0.4, -0.2) is 49.3 Å². The van der Waals surface area contributed by atoms with Crippen LogP contribution in [0.5, 0.6) is 5.75 Å². The first kappa shape index (κ1) is 23.1. The maximum Gasteiger partial charge on any atom is 0.336 e. The van der Waals surface area contributed by atoms with Gasteiger partial charge in [-0.2, -0.15) is 5.26 Å². The molecular weight excluding hydrogens is 442 g/mol. The van der Waals surface area contributed by atoms with Crippen LogP contribution < -0.4 is 15.0 Å². The molecule has 7 nitrogen and oxygen atoms in total. The predicted molar refractivity (Wildman–Crippen MR) is 123 cm³/mol. The lowest BCUT2D eigenvalue weighted by molar-refractivity contribution is 0.0697. The molecule has 3 aromatic rings. The van der Waals surface area contributed by atoms with Gasteiger partial charge >= 0.3 is 5.97 Å². The highest BCUT2D eigenvalue weighted by Gasteiger charge is 2.24. The van der Waals surface area contributed by atoms with Gasteiger partial charge in [-0.3, -0.25) is 0 Å². The second kappa shape index (κ2) is 9.85. The van der Waals surface area contributed by atoms with E-state index in [0.717, 1.165) is 19.0 Å². The van der Waals surface area contributed by atoms with E-state index in [-0.39, 0.29) is 39.3 Å². The summed E-state index contributed by atoms with van der Waals surface area (Å²) in [6.07, 6.45) is 0.844. The third-order valence-electron chi connectivity index (χ3n) is 5.70. The van der Waals surface area contributed by atoms with Gasteiger partial charge in [-0.15, -0.1) is 0 Å². The van der Waals surface area contributed by atoms with Crippen molar-refractivity contribution in [2.45, 2.75) is 6.42 Å². The maximum atomic E-state index is 14.6. The number of ether oxygens (including phenoxy) is 1. The lowest BCUT2D eigenvalue weighted by Crippen LogP contribution is -2.29. The Morgan fingerprint density at radius 1 is 1.12 bits per heavy atom. The Hall–Kier alpha value is -4.03. The summed E-state index contributed by atoms with van der Waals surface area (Å²) in [6.45, 7) is 2.82. The first-order valence-electron chi connectivity index (χ1n) is 10.7. The lowest BCUT2D eigenvalue weighted by atomic mass is 9.93. The number of rotatable bonds is 5. The molecule has 0 saturated carbocycles. The third-order valence-corrected chi connectivity index (χ3v) is 5.70. The first-order valence-corrected chi connectivity index (χ1v) is 10.7. The van der Waals surface area contributed by atoms with Crippen LogP contribution in [0.15, 0.2) is 42.5 Å². The number of nitriles is 1. The Labute approximate surface area is 195 Å². The summed E-state index contributed by atoms with van der Waals surface area (Å²) in [7, 11) is 1.33. The molecule has 9 heteroatoms. The van der Waals surface area contributed by atoms with Crippen LogP contribution >= 0.6 is 0 Å². The topological polar surface area (TPSA) is 98.5 Å². The number of aromatic carboxylic acids is 1. The molecule has 0 radical (unpaired) electrons. The van der Waals surface area contributed by atoms with E-state index in [2.05, 4.69) is 5.32 Å². The van der Waals surface area contributed by atoms with Gasteiger partial charge in [0.05, 0.1) is 23.9 Å². The van der Waals surface area contributed by atoms with Crippen molar-refractivity contribution in [1.29, 1.82) is 5.26 Å². The zero-order valence-electron chi connectivity index (χ0n) is 18.4. The molecule has 34 heavy (non-hydrogen) atoms. The molecule has 2 heterocycles. The van der Waals surface area contributed by atoms with Gasteiger partial charge in [-0.05, 0) is 48.9 Å². The molecule has 2 aromatic carbocycles. The zero-order chi connectivity index (χ0) is 24.2. The molecular formula is C25H22F2N4O3. The molecule has 1 fully saturated rings. The molecule has 4 rings (SSSR count). The van der Waals surface area contributed by atoms with Crippen LogP contribution in [0, 0.1) is 23.0 Å². The molecule has 0 aliphatic carbocycles. The number of carboxylic acids is 1. The van der Waals surface area contributed by atoms with Crippen molar-refractivity contribution in [3.63, 3.8) is 0 Å². The molecule has 1 aliphatic heterocycles. The van der Waals surface area contributed by atoms with Crippen molar-refractivity contribution < 1.29 is 23.4 Å². The van der Waals surface area contributed by atoms with Gasteiger partial charge in [-0.25, -0.2) is 18.6 Å². The minimum atomic E-state index is -1.22. The maximum absolute atomic E-state index is 14.6. The van der Waals surface area contributed by atoms with E-state index in [9.17, 15) is 18.7 Å². The average Bonchev–Trinajstić information content (AvgIpc) is 3.13. The van der Waals surface area contributed by atoms with Gasteiger partial charge in [-0.1, -0.05) is 12.1 Å². The number of hydrogen-bond acceptors (Lipinski definition) is 6. The fourth-order valence-corrected chi connectivity index (χ4v) is 4.01. The van der Waals surface area contributed by atoms with Crippen LogP contribution in [0.25, 0.3) is 22.4 Å². The summed E-state index contributed by atoms with van der Waals surface area (Å²) >= 11 is 0. The van der Waals surface area contributed by atoms with Crippen molar-refractivity contribution in [3.05, 3.63) is 65.2 Å². The summed E-state index contributed by atoms with van der Waals surface area (Å²) in [4.78, 5) is 19.1. The Morgan fingerprint density at radius 2 is 1.88 bits per heavy atom. The highest BCUT2D eigenvalue weighted by atomic mass is 19.1. The SMILES string of the molecule is COc1ccc(-c2c(C(=O)O)cc(N3CCCNCC3)nc2-c2ccc(C#N)c(F)c2)cc1F. The van der Waals surface area contributed by atoms with E-state index < -0.39 is 17.6 Å². The molecule has 1 aliphatic rings. The largest absolute Gasteiger partial charge is 0.494 e. The van der Waals surface area contributed by atoms with Crippen molar-refractivity contribution in [3.8, 4) is 34.2 Å². The summed E-state index contributed by atoms with van der Waals surface area (Å²) in [5.74, 6) is -2.21. The van der Waals surface area contributed by atoms with Crippen LogP contribution in [0.2, 0.25) is 0 Å². The number of aromatic nitrogens is 1. The number of carbonyl (C=O) groups is 1. The molecule has 0 atom stereocenters. The van der Waals surface area contributed by atoms with Gasteiger partial charge in [0.1, 0.15) is 17.7 Å². The summed E-state index contributed by atoms with van der Waals surface area (Å²) in [5.41, 5.74) is 0.627. The number of nitrogens with one attached hydrogen (secondary N) is 1. The molecule has 0 unspecified atom stereocenters. The Bertz CT molecular complexity index is 1280. The number of halogens is 2. The fourth-order valence-electron chi connectivity index (χ4n) is 4.01. The summed E-state index contributed by atoms with van der Waals surface area (Å²) in [5, 5.41) is 22.5. The van der Waals surface area contributed by atoms with E-state index in [1.165, 1.54) is 43.5 Å². The standard InChI is InChI=1S/C25H22F2N4O3/c1-34-21-6-5-15(11-20(21)27)23-18(25(32)33)13-22(31-9-2-7-29-8-10-31)30-24(23)16-3-4-17(14-28)19(26)12-16/h3-6,11-13,29H,2,7-10H2,1H3,(H,32,33). The van der Waals surface area contributed by atoms with E-state index in [0.29, 0.717) is 25.5 Å². The monoisotopic (exact) mass is 464 g/mol. The third kappa shape index (κ3) is 4.54. The minimum absolute atomic E-state index is 0.00763. The zero-order valence-corrected chi connectivity index (χ0v) is 18.4. The van der Waals surface area contributed by atoms with Gasteiger partial charge in [0.25, 0.3) is 0 Å². The number of methoxy groups -OCH3 is 1. The van der Waals surface area contributed by atoms with Gasteiger partial charge < -0.3 is 20.1 Å². The molecule has 2 N–H and O–H groups in total. The normalized spacial score (nSPS) is 13.8. The fraction of sp³-hybridized carbons (Fsp3) is 0.240. The van der Waals surface area contributed by atoms with Crippen molar-refractivity contribution >= 4 is 11.8 Å². The van der Waals surface area contributed by atoms with E-state index in [1.807, 2.05) is 4.90 Å². The van der Waals surface area contributed by atoms with E-state index >= 15 is 0 Å². The van der Waals surface area contributed by atoms with Gasteiger partial charge in [0.2, 0.25) is 0 Å². The Balaban J connectivity index is 1.99. The molecule has 0 amide bonds. The molecule has 1 aromatic heterocycles. The number of pyridine rings is 1. The molecule has 1 saturated heterocycles. The predicted octanol–water partition coefficient (Wildman–Crippen LogP) is 4.07. The number of carboxylic acid groups (broad SMARTS) is 1. The van der Waals surface area contributed by atoms with E-state index in [1.54, 1.807) is 6.07 Å². The summed E-state index contributed by atoms with van der Waals surface area (Å²) < 4.78 is 34.1. The number of benzene rings is 2. The number of nitrogens with zero attached hydrogens (tertiary/aromatic N) is 3. The molecule has 0 bridgehead atoms. The van der Waals surface area contributed by atoms with Crippen LogP contribution in [0.3, 0.4) is 0 Å². The minimum Gasteiger partial charge on any atom is -0.494 e. The highest BCUT2D eigenvalue weighted by Crippen LogP contribution is 2.38. The average molecular weight is 464 g/mol. The van der Waals surface area contributed by atoms with Crippen LogP contribution in [0.1, 0.15) is 22.3 Å². The second-order valence-corrected chi connectivity index (χ2v) is 7.80. The quantitative estimate of drug-likeness (QED) is 0.587. The number of anilines is 1. The highest BCUT2D eigenvalue weighted by molar-refractivity contribution is 6.01. The Morgan fingerprint density at radius 3 is 2.56 bits per heavy atom. The van der Waals surface area contributed by atoms with Crippen molar-refractivity contribution in [1.82, 2.24) is 10.3 Å². The second-order valence-electron chi connectivity index (χ2n) is 7.80. The lowest BCUT2D eigenvalue weighted by Gasteiger charge is -2.24. The first-order chi connectivity index (χ1) is 16.4. The van der Waals surface area contributed by atoms with Gasteiger partial charge in [0.15, 0.2) is 11.6 Å². The molecule has 174 valence electrons. The van der Waals surface area contributed by atoms with Crippen molar-refractivity contribution in [2.24, 2.45) is 0 Å². The van der Waals surface area contributed by atoms with E-state index in [4.69, 9.17) is 15.0 Å². The van der Waals surface area contributed by atoms with Gasteiger partial charge in [0, 0.05) is 30.8 Å². The number of hydrogen-bond donors (Lipinski definition) is 2. The Kier molecular flexibility index (Phi) is 6.70. The molecule has 0 spiro atoms. The van der Waals surface area contributed by atoms with Crippen LogP contribution in [-0.2, 0) is 0 Å². The summed E-state index contributed by atoms with van der Waals surface area (Å²) in [6, 6.07) is 11.3. The van der Waals surface area contributed by atoms with Crippen molar-refractivity contribution in [2.75, 3.05) is 38.2 Å².